The first-order chi connectivity index (χ1) is 8.48. The Morgan fingerprint density at radius 1 is 1.50 bits per heavy atom. The van der Waals surface area contributed by atoms with E-state index in [9.17, 15) is 9.90 Å². The summed E-state index contributed by atoms with van der Waals surface area (Å²) in [6, 6.07) is 7.58. The average molecular weight is 248 g/mol. The predicted molar refractivity (Wildman–Crippen MR) is 72.2 cm³/mol. The molecule has 1 aromatic carbocycles. The summed E-state index contributed by atoms with van der Waals surface area (Å²) in [4.78, 5) is 13.5. The number of nitrogens with zero attached hydrogens (tertiary/aromatic N) is 1. The molecule has 18 heavy (non-hydrogen) atoms. The van der Waals surface area contributed by atoms with Crippen molar-refractivity contribution in [2.75, 3.05) is 31.1 Å². The zero-order chi connectivity index (χ0) is 13.2. The van der Waals surface area contributed by atoms with Crippen LogP contribution in [0.4, 0.5) is 5.69 Å². The van der Waals surface area contributed by atoms with Crippen LogP contribution in [0.1, 0.15) is 24.2 Å². The maximum Gasteiger partial charge on any atom is 0.159 e. The second kappa shape index (κ2) is 5.08. The fraction of sp³-hybridized carbons (Fsp3) is 0.500. The van der Waals surface area contributed by atoms with E-state index < -0.39 is 5.60 Å². The Morgan fingerprint density at radius 3 is 3.00 bits per heavy atom. The Balaban J connectivity index is 2.24. The van der Waals surface area contributed by atoms with Crippen LogP contribution in [0.5, 0.6) is 0 Å². The second-order valence-corrected chi connectivity index (χ2v) is 5.20. The molecule has 4 nitrogen and oxygen atoms in total. The van der Waals surface area contributed by atoms with Crippen molar-refractivity contribution >= 4 is 11.5 Å². The third-order valence-corrected chi connectivity index (χ3v) is 3.21. The van der Waals surface area contributed by atoms with Crippen LogP contribution < -0.4 is 10.2 Å². The maximum absolute atomic E-state index is 11.4. The van der Waals surface area contributed by atoms with Crippen molar-refractivity contribution in [3.63, 3.8) is 0 Å². The molecule has 0 saturated carbocycles. The molecule has 1 fully saturated rings. The van der Waals surface area contributed by atoms with E-state index in [1.165, 1.54) is 0 Å². The van der Waals surface area contributed by atoms with Crippen LogP contribution in [0, 0.1) is 0 Å². The molecule has 0 spiro atoms. The van der Waals surface area contributed by atoms with Gasteiger partial charge in [-0.25, -0.2) is 0 Å². The van der Waals surface area contributed by atoms with Gasteiger partial charge in [-0.3, -0.25) is 4.79 Å². The number of carbonyl (C=O) groups is 1. The molecule has 1 saturated heterocycles. The molecule has 1 aromatic rings. The minimum absolute atomic E-state index is 0.0663. The molecule has 0 radical (unpaired) electrons. The summed E-state index contributed by atoms with van der Waals surface area (Å²) in [7, 11) is 0. The monoisotopic (exact) mass is 248 g/mol. The van der Waals surface area contributed by atoms with Crippen molar-refractivity contribution in [1.82, 2.24) is 5.32 Å². The second-order valence-electron chi connectivity index (χ2n) is 5.20. The van der Waals surface area contributed by atoms with Gasteiger partial charge in [-0.2, -0.15) is 0 Å². The first-order valence-electron chi connectivity index (χ1n) is 6.27. The normalized spacial score (nSPS) is 24.7. The Labute approximate surface area is 108 Å². The van der Waals surface area contributed by atoms with E-state index in [4.69, 9.17) is 0 Å². The van der Waals surface area contributed by atoms with Crippen LogP contribution >= 0.6 is 0 Å². The van der Waals surface area contributed by atoms with Gasteiger partial charge in [-0.15, -0.1) is 0 Å². The Morgan fingerprint density at radius 2 is 2.28 bits per heavy atom. The Bertz CT molecular complexity index is 443. The minimum Gasteiger partial charge on any atom is -0.387 e. The van der Waals surface area contributed by atoms with Gasteiger partial charge >= 0.3 is 0 Å². The van der Waals surface area contributed by atoms with Crippen molar-refractivity contribution < 1.29 is 9.90 Å². The highest BCUT2D eigenvalue weighted by Gasteiger charge is 2.26. The largest absolute Gasteiger partial charge is 0.387 e. The van der Waals surface area contributed by atoms with E-state index >= 15 is 0 Å². The summed E-state index contributed by atoms with van der Waals surface area (Å²) in [5, 5.41) is 13.4. The molecule has 0 aliphatic carbocycles. The summed E-state index contributed by atoms with van der Waals surface area (Å²) in [6.45, 7) is 6.22. The van der Waals surface area contributed by atoms with Gasteiger partial charge in [0.05, 0.1) is 5.60 Å². The fourth-order valence-electron chi connectivity index (χ4n) is 2.26. The molecule has 2 rings (SSSR count). The number of β-amino-alcohol motifs (C(OH)–C–C–N with tert-alkyl or cyclic N) is 1. The lowest BCUT2D eigenvalue weighted by molar-refractivity contribution is 0.0729. The van der Waals surface area contributed by atoms with E-state index in [2.05, 4.69) is 10.2 Å². The van der Waals surface area contributed by atoms with Crippen LogP contribution in [0.3, 0.4) is 0 Å². The summed E-state index contributed by atoms with van der Waals surface area (Å²) < 4.78 is 0. The van der Waals surface area contributed by atoms with E-state index in [-0.39, 0.29) is 5.78 Å². The minimum atomic E-state index is -0.747. The number of hydrogen-bond donors (Lipinski definition) is 2. The zero-order valence-electron chi connectivity index (χ0n) is 10.9. The molecule has 1 heterocycles. The topological polar surface area (TPSA) is 52.6 Å². The molecular formula is C14H20N2O2. The first-order valence-corrected chi connectivity index (χ1v) is 6.27. The Hall–Kier alpha value is -1.39. The lowest BCUT2D eigenvalue weighted by Crippen LogP contribution is -2.43. The summed E-state index contributed by atoms with van der Waals surface area (Å²) in [5.41, 5.74) is 0.957. The van der Waals surface area contributed by atoms with Crippen LogP contribution in [0.25, 0.3) is 0 Å². The smallest absolute Gasteiger partial charge is 0.159 e. The third-order valence-electron chi connectivity index (χ3n) is 3.21. The summed E-state index contributed by atoms with van der Waals surface area (Å²) in [6.07, 6.45) is 0. The lowest BCUT2D eigenvalue weighted by Gasteiger charge is -2.29. The van der Waals surface area contributed by atoms with E-state index in [0.29, 0.717) is 18.7 Å². The first kappa shape index (κ1) is 13.1. The predicted octanol–water partition coefficient (Wildman–Crippen LogP) is 1.05. The summed E-state index contributed by atoms with van der Waals surface area (Å²) >= 11 is 0. The highest BCUT2D eigenvalue weighted by molar-refractivity contribution is 5.94. The van der Waals surface area contributed by atoms with Crippen LogP contribution in [0.2, 0.25) is 0 Å². The zero-order valence-corrected chi connectivity index (χ0v) is 10.9. The number of hydrogen-bond acceptors (Lipinski definition) is 4. The Kier molecular flexibility index (Phi) is 3.68. The van der Waals surface area contributed by atoms with Crippen molar-refractivity contribution in [3.05, 3.63) is 29.8 Å². The van der Waals surface area contributed by atoms with Gasteiger partial charge < -0.3 is 15.3 Å². The molecular weight excluding hydrogens is 228 g/mol. The van der Waals surface area contributed by atoms with Gasteiger partial charge in [-0.1, -0.05) is 12.1 Å². The number of rotatable bonds is 2. The van der Waals surface area contributed by atoms with Gasteiger partial charge in [-0.05, 0) is 26.0 Å². The van der Waals surface area contributed by atoms with E-state index in [0.717, 1.165) is 18.8 Å². The quantitative estimate of drug-likeness (QED) is 0.768. The molecule has 1 aliphatic rings. The molecule has 0 bridgehead atoms. The van der Waals surface area contributed by atoms with Crippen molar-refractivity contribution in [2.45, 2.75) is 19.4 Å². The van der Waals surface area contributed by atoms with Gasteiger partial charge in [0.1, 0.15) is 0 Å². The molecule has 2 N–H and O–H groups in total. The molecule has 0 amide bonds. The van der Waals surface area contributed by atoms with E-state index in [1.807, 2.05) is 31.2 Å². The number of nitrogens with one attached hydrogen (secondary N) is 1. The molecule has 1 unspecified atom stereocenters. The number of Topliss-reactive ketones (excluding diaryl/α,β-unsaturated/α-hetero) is 1. The number of aliphatic hydroxyl groups is 1. The van der Waals surface area contributed by atoms with Gasteiger partial charge in [0, 0.05) is 37.4 Å². The van der Waals surface area contributed by atoms with Crippen LogP contribution in [0.15, 0.2) is 24.3 Å². The van der Waals surface area contributed by atoms with Crippen LogP contribution in [-0.4, -0.2) is 42.7 Å². The van der Waals surface area contributed by atoms with Crippen molar-refractivity contribution in [2.24, 2.45) is 0 Å². The average Bonchev–Trinajstić information content (AvgIpc) is 2.50. The standard InChI is InChI=1S/C14H20N2O2/c1-11(17)12-4-3-5-13(8-12)16-7-6-15-9-14(2,18)10-16/h3-5,8,15,18H,6-7,9-10H2,1-2H3. The van der Waals surface area contributed by atoms with Gasteiger partial charge in [0.2, 0.25) is 0 Å². The number of ketones is 1. The highest BCUT2D eigenvalue weighted by Crippen LogP contribution is 2.20. The lowest BCUT2D eigenvalue weighted by atomic mass is 10.1. The fourth-order valence-corrected chi connectivity index (χ4v) is 2.26. The van der Waals surface area contributed by atoms with Crippen molar-refractivity contribution in [3.8, 4) is 0 Å². The number of carbonyl (C=O) groups excluding carboxylic acids is 1. The third kappa shape index (κ3) is 3.09. The molecule has 1 aliphatic heterocycles. The SMILES string of the molecule is CC(=O)c1cccc(N2CCNCC(C)(O)C2)c1. The molecule has 1 atom stereocenters. The van der Waals surface area contributed by atoms with E-state index in [1.54, 1.807) is 6.92 Å². The molecule has 4 heteroatoms. The number of benzene rings is 1. The maximum atomic E-state index is 11.4. The van der Waals surface area contributed by atoms with Crippen molar-refractivity contribution in [1.29, 1.82) is 0 Å². The van der Waals surface area contributed by atoms with Crippen LogP contribution in [-0.2, 0) is 0 Å². The van der Waals surface area contributed by atoms with Gasteiger partial charge in [0.15, 0.2) is 5.78 Å². The number of anilines is 1. The molecule has 98 valence electrons. The summed E-state index contributed by atoms with van der Waals surface area (Å²) in [5.74, 6) is 0.0663. The van der Waals surface area contributed by atoms with Gasteiger partial charge in [0.25, 0.3) is 0 Å². The molecule has 0 aromatic heterocycles. The highest BCUT2D eigenvalue weighted by atomic mass is 16.3.